The summed E-state index contributed by atoms with van der Waals surface area (Å²) in [5.41, 5.74) is 6.19. The summed E-state index contributed by atoms with van der Waals surface area (Å²) in [6.45, 7) is 6.09. The quantitative estimate of drug-likeness (QED) is 0.706. The average Bonchev–Trinajstić information content (AvgIpc) is 2.91. The molecule has 1 aromatic heterocycles. The van der Waals surface area contributed by atoms with Crippen LogP contribution in [0.1, 0.15) is 16.7 Å². The number of nitrogens with one attached hydrogen (secondary N) is 2. The van der Waals surface area contributed by atoms with Crippen molar-refractivity contribution in [1.82, 2.24) is 9.97 Å². The number of aromatic amines is 1. The minimum Gasteiger partial charge on any atom is -0.333 e. The Hall–Kier alpha value is -2.27. The van der Waals surface area contributed by atoms with Crippen molar-refractivity contribution < 1.29 is 4.79 Å². The minimum atomic E-state index is -0.0227. The van der Waals surface area contributed by atoms with E-state index in [2.05, 4.69) is 34.3 Å². The van der Waals surface area contributed by atoms with Crippen LogP contribution in [0.3, 0.4) is 0 Å². The lowest BCUT2D eigenvalue weighted by atomic mass is 10.1. The van der Waals surface area contributed by atoms with E-state index in [1.165, 1.54) is 17.3 Å². The monoisotopic (exact) mass is 325 g/mol. The number of amides is 1. The van der Waals surface area contributed by atoms with Gasteiger partial charge in [-0.3, -0.25) is 4.79 Å². The van der Waals surface area contributed by atoms with Gasteiger partial charge in [-0.2, -0.15) is 0 Å². The molecular weight excluding hydrogens is 306 g/mol. The topological polar surface area (TPSA) is 57.8 Å². The third-order valence-corrected chi connectivity index (χ3v) is 4.52. The number of hydrogen-bond donors (Lipinski definition) is 2. The summed E-state index contributed by atoms with van der Waals surface area (Å²) >= 11 is 1.41. The lowest BCUT2D eigenvalue weighted by molar-refractivity contribution is -0.113. The molecule has 5 heteroatoms. The van der Waals surface area contributed by atoms with Crippen LogP contribution in [0.2, 0.25) is 0 Å². The third-order valence-electron chi connectivity index (χ3n) is 3.65. The van der Waals surface area contributed by atoms with Gasteiger partial charge >= 0.3 is 0 Å². The van der Waals surface area contributed by atoms with E-state index in [0.29, 0.717) is 5.75 Å². The van der Waals surface area contributed by atoms with E-state index in [-0.39, 0.29) is 5.91 Å². The molecule has 0 unspecified atom stereocenters. The smallest absolute Gasteiger partial charge is 0.234 e. The van der Waals surface area contributed by atoms with Crippen LogP contribution in [-0.4, -0.2) is 21.6 Å². The van der Waals surface area contributed by atoms with Crippen LogP contribution in [0.25, 0.3) is 11.0 Å². The number of aromatic nitrogens is 2. The van der Waals surface area contributed by atoms with Crippen LogP contribution in [-0.2, 0) is 4.79 Å². The molecule has 1 heterocycles. The first kappa shape index (κ1) is 15.6. The zero-order valence-corrected chi connectivity index (χ0v) is 14.3. The highest BCUT2D eigenvalue weighted by Gasteiger charge is 2.10. The number of imidazole rings is 1. The first-order chi connectivity index (χ1) is 11.0. The first-order valence-corrected chi connectivity index (χ1v) is 8.47. The molecule has 3 rings (SSSR count). The first-order valence-electron chi connectivity index (χ1n) is 7.48. The maximum atomic E-state index is 12.2. The number of nitrogens with zero attached hydrogens (tertiary/aromatic N) is 1. The van der Waals surface area contributed by atoms with Gasteiger partial charge < -0.3 is 10.3 Å². The molecule has 0 saturated heterocycles. The van der Waals surface area contributed by atoms with Crippen LogP contribution < -0.4 is 5.32 Å². The number of benzene rings is 2. The van der Waals surface area contributed by atoms with Gasteiger partial charge in [0.2, 0.25) is 5.91 Å². The molecule has 0 aliphatic carbocycles. The van der Waals surface area contributed by atoms with Crippen molar-refractivity contribution in [1.29, 1.82) is 0 Å². The summed E-state index contributed by atoms with van der Waals surface area (Å²) in [6.07, 6.45) is 0. The van der Waals surface area contributed by atoms with E-state index < -0.39 is 0 Å². The number of H-pyrrole nitrogens is 1. The zero-order valence-electron chi connectivity index (χ0n) is 13.4. The highest BCUT2D eigenvalue weighted by Crippen LogP contribution is 2.23. The molecule has 118 valence electrons. The fourth-order valence-corrected chi connectivity index (χ4v) is 3.37. The maximum absolute atomic E-state index is 12.2. The molecule has 0 fully saturated rings. The van der Waals surface area contributed by atoms with E-state index in [1.807, 2.05) is 38.1 Å². The number of thioether (sulfide) groups is 1. The number of aryl methyl sites for hydroxylation is 3. The van der Waals surface area contributed by atoms with Crippen molar-refractivity contribution in [2.75, 3.05) is 11.1 Å². The highest BCUT2D eigenvalue weighted by atomic mass is 32.2. The predicted molar refractivity (Wildman–Crippen MR) is 96.1 cm³/mol. The number of rotatable bonds is 4. The molecule has 23 heavy (non-hydrogen) atoms. The van der Waals surface area contributed by atoms with Gasteiger partial charge in [-0.05, 0) is 44.0 Å². The van der Waals surface area contributed by atoms with Crippen molar-refractivity contribution >= 4 is 34.4 Å². The number of para-hydroxylation sites is 2. The summed E-state index contributed by atoms with van der Waals surface area (Å²) in [4.78, 5) is 19.9. The van der Waals surface area contributed by atoms with Crippen LogP contribution >= 0.6 is 11.8 Å². The van der Waals surface area contributed by atoms with Gasteiger partial charge in [0.15, 0.2) is 5.16 Å². The van der Waals surface area contributed by atoms with Gasteiger partial charge in [0, 0.05) is 5.69 Å². The third kappa shape index (κ3) is 3.56. The molecule has 0 atom stereocenters. The Morgan fingerprint density at radius 1 is 1.17 bits per heavy atom. The summed E-state index contributed by atoms with van der Waals surface area (Å²) in [5.74, 6) is 0.303. The van der Waals surface area contributed by atoms with Crippen molar-refractivity contribution in [2.45, 2.75) is 25.9 Å². The second kappa shape index (κ2) is 6.46. The summed E-state index contributed by atoms with van der Waals surface area (Å²) < 4.78 is 0. The van der Waals surface area contributed by atoms with Gasteiger partial charge in [-0.15, -0.1) is 0 Å². The van der Waals surface area contributed by atoms with E-state index in [1.54, 1.807) is 0 Å². The van der Waals surface area contributed by atoms with E-state index in [4.69, 9.17) is 0 Å². The largest absolute Gasteiger partial charge is 0.333 e. The normalized spacial score (nSPS) is 10.9. The molecule has 0 bridgehead atoms. The fourth-order valence-electron chi connectivity index (χ4n) is 2.68. The Morgan fingerprint density at radius 2 is 1.87 bits per heavy atom. The zero-order chi connectivity index (χ0) is 16.4. The lowest BCUT2D eigenvalue weighted by Crippen LogP contribution is -2.16. The van der Waals surface area contributed by atoms with Crippen LogP contribution in [0.4, 0.5) is 5.69 Å². The van der Waals surface area contributed by atoms with Gasteiger partial charge in [-0.1, -0.05) is 41.6 Å². The molecule has 2 aromatic carbocycles. The van der Waals surface area contributed by atoms with Crippen molar-refractivity contribution in [3.63, 3.8) is 0 Å². The molecule has 3 aromatic rings. The van der Waals surface area contributed by atoms with Crippen molar-refractivity contribution in [3.05, 3.63) is 53.1 Å². The second-order valence-electron chi connectivity index (χ2n) is 5.67. The molecule has 4 nitrogen and oxygen atoms in total. The molecular formula is C18H19N3OS. The molecule has 0 radical (unpaired) electrons. The van der Waals surface area contributed by atoms with E-state index >= 15 is 0 Å². The van der Waals surface area contributed by atoms with Crippen LogP contribution in [0, 0.1) is 20.8 Å². The van der Waals surface area contributed by atoms with Crippen molar-refractivity contribution in [3.8, 4) is 0 Å². The minimum absolute atomic E-state index is 0.0227. The van der Waals surface area contributed by atoms with E-state index in [0.717, 1.165) is 33.0 Å². The standard InChI is InChI=1S/C18H19N3OS/c1-11-8-12(2)17(13(3)9-11)21-16(22)10-23-18-19-14-6-4-5-7-15(14)20-18/h4-9H,10H2,1-3H3,(H,19,20)(H,21,22). The van der Waals surface area contributed by atoms with Crippen LogP contribution in [0.15, 0.2) is 41.6 Å². The Labute approximate surface area is 139 Å². The Balaban J connectivity index is 1.66. The second-order valence-corrected chi connectivity index (χ2v) is 6.63. The maximum Gasteiger partial charge on any atom is 0.234 e. The van der Waals surface area contributed by atoms with Crippen LogP contribution in [0.5, 0.6) is 0 Å². The summed E-state index contributed by atoms with van der Waals surface area (Å²) in [5, 5.41) is 3.77. The number of hydrogen-bond acceptors (Lipinski definition) is 3. The van der Waals surface area contributed by atoms with Gasteiger partial charge in [0.25, 0.3) is 0 Å². The molecule has 2 N–H and O–H groups in total. The van der Waals surface area contributed by atoms with Gasteiger partial charge in [-0.25, -0.2) is 4.98 Å². The van der Waals surface area contributed by atoms with Gasteiger partial charge in [0.05, 0.1) is 16.8 Å². The number of anilines is 1. The Kier molecular flexibility index (Phi) is 4.39. The van der Waals surface area contributed by atoms with Crippen molar-refractivity contribution in [2.24, 2.45) is 0 Å². The summed E-state index contributed by atoms with van der Waals surface area (Å²) in [6, 6.07) is 12.0. The Bertz CT molecular complexity index is 814. The number of carbonyl (C=O) groups excluding carboxylic acids is 1. The molecule has 0 spiro atoms. The van der Waals surface area contributed by atoms with E-state index in [9.17, 15) is 4.79 Å². The number of carbonyl (C=O) groups is 1. The average molecular weight is 325 g/mol. The number of fused-ring (bicyclic) bond motifs is 1. The SMILES string of the molecule is Cc1cc(C)c(NC(=O)CSc2nc3ccccc3[nH]2)c(C)c1. The lowest BCUT2D eigenvalue weighted by Gasteiger charge is -2.12. The fraction of sp³-hybridized carbons (Fsp3) is 0.222. The molecule has 0 aliphatic heterocycles. The highest BCUT2D eigenvalue weighted by molar-refractivity contribution is 7.99. The predicted octanol–water partition coefficient (Wildman–Crippen LogP) is 4.22. The molecule has 0 saturated carbocycles. The van der Waals surface area contributed by atoms with Gasteiger partial charge in [0.1, 0.15) is 0 Å². The Morgan fingerprint density at radius 3 is 2.57 bits per heavy atom. The molecule has 0 aliphatic rings. The molecule has 1 amide bonds. The summed E-state index contributed by atoms with van der Waals surface area (Å²) in [7, 11) is 0.